The fraction of sp³-hybridized carbons (Fsp3) is 0.267. The first-order valence-corrected chi connectivity index (χ1v) is 11.6. The van der Waals surface area contributed by atoms with Gasteiger partial charge in [0.25, 0.3) is 20.2 Å². The Kier molecular flexibility index (Phi) is 8.14. The van der Waals surface area contributed by atoms with E-state index in [1.807, 2.05) is 0 Å². The number of rotatable bonds is 10. The summed E-state index contributed by atoms with van der Waals surface area (Å²) in [6.07, 6.45) is 0.310. The zero-order valence-electron chi connectivity index (χ0n) is 15.3. The minimum atomic E-state index is -4.86. The van der Waals surface area contributed by atoms with Gasteiger partial charge in [-0.3, -0.25) is 13.9 Å². The third-order valence-electron chi connectivity index (χ3n) is 3.72. The molecular formula is C15H17NO11S3. The van der Waals surface area contributed by atoms with Gasteiger partial charge < -0.3 is 10.1 Å². The number of carbonyl (C=O) groups excluding carboxylic acids is 1. The van der Waals surface area contributed by atoms with E-state index in [4.69, 9.17) is 9.99 Å². The van der Waals surface area contributed by atoms with Crippen molar-refractivity contribution in [1.82, 2.24) is 0 Å². The van der Waals surface area contributed by atoms with Crippen molar-refractivity contribution in [2.24, 2.45) is 0 Å². The zero-order valence-corrected chi connectivity index (χ0v) is 17.7. The molecule has 0 fully saturated rings. The molecule has 0 aliphatic heterocycles. The Morgan fingerprint density at radius 1 is 1.10 bits per heavy atom. The van der Waals surface area contributed by atoms with Crippen molar-refractivity contribution >= 4 is 54.6 Å². The van der Waals surface area contributed by atoms with E-state index in [-0.39, 0.29) is 34.4 Å². The number of hydrogen-bond acceptors (Lipinski definition) is 10. The van der Waals surface area contributed by atoms with Gasteiger partial charge in [0, 0.05) is 30.4 Å². The van der Waals surface area contributed by atoms with Gasteiger partial charge in [0.2, 0.25) is 5.91 Å². The first-order chi connectivity index (χ1) is 14.0. The molecule has 4 N–H and O–H groups in total. The summed E-state index contributed by atoms with van der Waals surface area (Å²) >= 11 is 0.351. The van der Waals surface area contributed by atoms with Gasteiger partial charge in [-0.15, -0.1) is 4.33 Å². The molecule has 15 heteroatoms. The summed E-state index contributed by atoms with van der Waals surface area (Å²) in [7, 11) is -8.15. The van der Waals surface area contributed by atoms with Crippen LogP contribution in [0.25, 0.3) is 10.8 Å². The number of hydrogen-bond donors (Lipinski definition) is 4. The molecule has 1 amide bonds. The SMILES string of the molecule is COCCCC(=O)Nc1cc(S(=O)(=O)O)cc2cc(SOOO)cc(S(=O)(=O)O)c12. The molecule has 0 saturated carbocycles. The molecular weight excluding hydrogens is 466 g/mol. The van der Waals surface area contributed by atoms with Crippen LogP contribution < -0.4 is 5.32 Å². The molecule has 0 aliphatic rings. The largest absolute Gasteiger partial charge is 0.385 e. The van der Waals surface area contributed by atoms with Crippen LogP contribution in [0.15, 0.2) is 39.0 Å². The van der Waals surface area contributed by atoms with Crippen molar-refractivity contribution in [3.05, 3.63) is 24.3 Å². The van der Waals surface area contributed by atoms with E-state index in [2.05, 4.69) is 14.7 Å². The standard InChI is InChI=1S/C15H17NO11S3/c1-25-4-2-3-14(17)16-12-8-11(29(19,20)21)6-9-5-10(28-27-26-18)7-13(15(9)12)30(22,23)24/h5-8,18H,2-4H2,1H3,(H,16,17)(H,19,20,21)(H,22,23,24). The van der Waals surface area contributed by atoms with E-state index in [1.165, 1.54) is 13.2 Å². The van der Waals surface area contributed by atoms with E-state index in [0.29, 0.717) is 18.5 Å². The summed E-state index contributed by atoms with van der Waals surface area (Å²) < 4.78 is 75.3. The Balaban J connectivity index is 2.74. The van der Waals surface area contributed by atoms with Gasteiger partial charge in [0.15, 0.2) is 0 Å². The highest BCUT2D eigenvalue weighted by molar-refractivity contribution is 7.94. The lowest BCUT2D eigenvalue weighted by Gasteiger charge is -2.14. The normalized spacial score (nSPS) is 12.3. The first-order valence-electron chi connectivity index (χ1n) is 7.97. The van der Waals surface area contributed by atoms with E-state index in [0.717, 1.165) is 18.2 Å². The van der Waals surface area contributed by atoms with Gasteiger partial charge in [-0.05, 0) is 36.1 Å². The van der Waals surface area contributed by atoms with Crippen molar-refractivity contribution in [1.29, 1.82) is 0 Å². The van der Waals surface area contributed by atoms with Crippen LogP contribution in [-0.4, -0.2) is 50.8 Å². The number of fused-ring (bicyclic) bond motifs is 1. The van der Waals surface area contributed by atoms with Gasteiger partial charge in [-0.25, -0.2) is 5.26 Å². The quantitative estimate of drug-likeness (QED) is 0.127. The fourth-order valence-electron chi connectivity index (χ4n) is 2.57. The highest BCUT2D eigenvalue weighted by Crippen LogP contribution is 2.37. The molecule has 0 aliphatic carbocycles. The van der Waals surface area contributed by atoms with Crippen molar-refractivity contribution in [3.8, 4) is 0 Å². The predicted molar refractivity (Wildman–Crippen MR) is 104 cm³/mol. The fourth-order valence-corrected chi connectivity index (χ4v) is 4.39. The Morgan fingerprint density at radius 3 is 2.37 bits per heavy atom. The van der Waals surface area contributed by atoms with Crippen molar-refractivity contribution < 1.29 is 50.1 Å². The summed E-state index contributed by atoms with van der Waals surface area (Å²) in [5.41, 5.74) is -0.272. The van der Waals surface area contributed by atoms with Crippen LogP contribution in [0.5, 0.6) is 0 Å². The minimum Gasteiger partial charge on any atom is -0.385 e. The highest BCUT2D eigenvalue weighted by Gasteiger charge is 2.23. The number of nitrogens with one attached hydrogen (secondary N) is 1. The number of carbonyl (C=O) groups is 1. The number of amides is 1. The summed E-state index contributed by atoms with van der Waals surface area (Å²) in [6.45, 7) is 0.281. The molecule has 166 valence electrons. The highest BCUT2D eigenvalue weighted by atomic mass is 32.2. The lowest BCUT2D eigenvalue weighted by Crippen LogP contribution is -2.14. The molecule has 0 unspecified atom stereocenters. The van der Waals surface area contributed by atoms with Crippen LogP contribution >= 0.6 is 12.0 Å². The maximum absolute atomic E-state index is 12.2. The molecule has 0 radical (unpaired) electrons. The molecule has 0 aromatic heterocycles. The third kappa shape index (κ3) is 6.34. The lowest BCUT2D eigenvalue weighted by molar-refractivity contribution is -0.432. The Hall–Kier alpha value is -1.82. The van der Waals surface area contributed by atoms with E-state index in [9.17, 15) is 30.7 Å². The summed E-state index contributed by atoms with van der Waals surface area (Å²) in [4.78, 5) is 10.9. The van der Waals surface area contributed by atoms with E-state index < -0.39 is 35.9 Å². The van der Waals surface area contributed by atoms with Crippen molar-refractivity contribution in [2.75, 3.05) is 19.0 Å². The summed E-state index contributed by atoms with van der Waals surface area (Å²) in [6, 6.07) is 3.97. The predicted octanol–water partition coefficient (Wildman–Crippen LogP) is 2.13. The van der Waals surface area contributed by atoms with Crippen LogP contribution in [0.3, 0.4) is 0 Å². The third-order valence-corrected chi connectivity index (χ3v) is 5.99. The summed E-state index contributed by atoms with van der Waals surface area (Å²) in [5.74, 6) is -0.586. The molecule has 0 bridgehead atoms. The van der Waals surface area contributed by atoms with Crippen LogP contribution in [0, 0.1) is 0 Å². The molecule has 0 atom stereocenters. The molecule has 0 spiro atoms. The average molecular weight is 483 g/mol. The molecule has 30 heavy (non-hydrogen) atoms. The summed E-state index contributed by atoms with van der Waals surface area (Å²) in [5, 5.41) is 13.8. The molecule has 0 heterocycles. The second kappa shape index (κ2) is 9.99. The minimum absolute atomic E-state index is 0.0194. The Morgan fingerprint density at radius 2 is 1.80 bits per heavy atom. The van der Waals surface area contributed by atoms with Crippen molar-refractivity contribution in [3.63, 3.8) is 0 Å². The second-order valence-electron chi connectivity index (χ2n) is 5.81. The first kappa shape index (κ1) is 24.4. The molecule has 0 saturated heterocycles. The van der Waals surface area contributed by atoms with Gasteiger partial charge >= 0.3 is 0 Å². The maximum Gasteiger partial charge on any atom is 0.295 e. The smallest absolute Gasteiger partial charge is 0.295 e. The number of benzene rings is 2. The Labute approximate surface area is 175 Å². The second-order valence-corrected chi connectivity index (χ2v) is 9.40. The van der Waals surface area contributed by atoms with Crippen LogP contribution in [0.4, 0.5) is 5.69 Å². The van der Waals surface area contributed by atoms with Crippen LogP contribution in [-0.2, 0) is 39.1 Å². The number of ether oxygens (including phenoxy) is 1. The van der Waals surface area contributed by atoms with Crippen molar-refractivity contribution in [2.45, 2.75) is 27.5 Å². The van der Waals surface area contributed by atoms with E-state index >= 15 is 0 Å². The molecule has 2 aromatic carbocycles. The van der Waals surface area contributed by atoms with Crippen LogP contribution in [0.2, 0.25) is 0 Å². The van der Waals surface area contributed by atoms with Gasteiger partial charge in [0.1, 0.15) is 4.90 Å². The zero-order chi connectivity index (χ0) is 22.5. The van der Waals surface area contributed by atoms with Gasteiger partial charge in [-0.1, -0.05) is 5.04 Å². The topological polar surface area (TPSA) is 186 Å². The number of methoxy groups -OCH3 is 1. The number of anilines is 1. The maximum atomic E-state index is 12.2. The lowest BCUT2D eigenvalue weighted by atomic mass is 10.1. The molecule has 2 aromatic rings. The van der Waals surface area contributed by atoms with Gasteiger partial charge in [-0.2, -0.15) is 16.8 Å². The molecule has 12 nitrogen and oxygen atoms in total. The monoisotopic (exact) mass is 483 g/mol. The van der Waals surface area contributed by atoms with Crippen LogP contribution in [0.1, 0.15) is 12.8 Å². The molecule has 2 rings (SSSR count). The average Bonchev–Trinajstić information content (AvgIpc) is 2.64. The van der Waals surface area contributed by atoms with Gasteiger partial charge in [0.05, 0.1) is 22.6 Å². The van der Waals surface area contributed by atoms with E-state index in [1.54, 1.807) is 0 Å². The Bertz CT molecular complexity index is 1150.